The van der Waals surface area contributed by atoms with Crippen molar-refractivity contribution in [2.45, 2.75) is 17.7 Å². The molecule has 106 valence electrons. The molecule has 0 saturated carbocycles. The molecule has 2 aromatic rings. The van der Waals surface area contributed by atoms with Crippen molar-refractivity contribution in [2.24, 2.45) is 0 Å². The Kier molecular flexibility index (Phi) is 4.24. The highest BCUT2D eigenvalue weighted by Gasteiger charge is 2.15. The van der Waals surface area contributed by atoms with Crippen molar-refractivity contribution in [3.05, 3.63) is 54.0 Å². The Morgan fingerprint density at radius 2 is 1.85 bits per heavy atom. The molecular weight excluding hydrogens is 280 g/mol. The molecule has 0 aliphatic heterocycles. The van der Waals surface area contributed by atoms with Crippen LogP contribution in [0.3, 0.4) is 0 Å². The van der Waals surface area contributed by atoms with E-state index in [0.29, 0.717) is 17.7 Å². The zero-order valence-electron chi connectivity index (χ0n) is 10.7. The smallest absolute Gasteiger partial charge is 0.307 e. The average molecular weight is 294 g/mol. The molecule has 1 aromatic carbocycles. The van der Waals surface area contributed by atoms with Gasteiger partial charge in [0.15, 0.2) is 9.84 Å². The van der Waals surface area contributed by atoms with E-state index < -0.39 is 15.8 Å². The van der Waals surface area contributed by atoms with Gasteiger partial charge in [-0.15, -0.1) is 0 Å². The zero-order chi connectivity index (χ0) is 14.6. The number of aryl methyl sites for hydroxylation is 1. The predicted molar refractivity (Wildman–Crippen MR) is 72.2 cm³/mol. The van der Waals surface area contributed by atoms with Crippen molar-refractivity contribution >= 4 is 15.8 Å². The van der Waals surface area contributed by atoms with Crippen LogP contribution in [-0.2, 0) is 27.5 Å². The van der Waals surface area contributed by atoms with Crippen LogP contribution in [0.15, 0.2) is 52.0 Å². The van der Waals surface area contributed by atoms with Crippen LogP contribution >= 0.6 is 0 Å². The molecule has 1 heterocycles. The Balaban J connectivity index is 2.07. The third-order valence-electron chi connectivity index (χ3n) is 2.84. The van der Waals surface area contributed by atoms with Crippen molar-refractivity contribution in [1.29, 1.82) is 0 Å². The van der Waals surface area contributed by atoms with E-state index in [4.69, 9.17) is 9.52 Å². The molecule has 0 amide bonds. The molecule has 6 heteroatoms. The lowest BCUT2D eigenvalue weighted by Crippen LogP contribution is -2.09. The second-order valence-electron chi connectivity index (χ2n) is 4.36. The quantitative estimate of drug-likeness (QED) is 0.880. The van der Waals surface area contributed by atoms with E-state index in [1.165, 1.54) is 30.5 Å². The maximum atomic E-state index is 12.1. The van der Waals surface area contributed by atoms with Crippen LogP contribution in [-0.4, -0.2) is 25.2 Å². The van der Waals surface area contributed by atoms with Gasteiger partial charge >= 0.3 is 5.97 Å². The summed E-state index contributed by atoms with van der Waals surface area (Å²) in [6.45, 7) is 0. The second-order valence-corrected chi connectivity index (χ2v) is 6.47. The van der Waals surface area contributed by atoms with Gasteiger partial charge in [0.1, 0.15) is 5.76 Å². The first kappa shape index (κ1) is 14.3. The summed E-state index contributed by atoms with van der Waals surface area (Å²) in [6.07, 6.45) is 1.70. The summed E-state index contributed by atoms with van der Waals surface area (Å²) >= 11 is 0. The molecule has 1 N–H and O–H groups in total. The molecule has 5 nitrogen and oxygen atoms in total. The molecule has 0 atom stereocenters. The number of benzene rings is 1. The Morgan fingerprint density at radius 1 is 1.15 bits per heavy atom. The monoisotopic (exact) mass is 294 g/mol. The zero-order valence-corrected chi connectivity index (χ0v) is 11.5. The van der Waals surface area contributed by atoms with E-state index in [2.05, 4.69) is 0 Å². The van der Waals surface area contributed by atoms with Crippen molar-refractivity contribution < 1.29 is 22.7 Å². The number of carbonyl (C=O) groups is 1. The fraction of sp³-hybridized carbons (Fsp3) is 0.214. The maximum Gasteiger partial charge on any atom is 0.307 e. The van der Waals surface area contributed by atoms with Crippen molar-refractivity contribution in [1.82, 2.24) is 0 Å². The van der Waals surface area contributed by atoms with Crippen LogP contribution in [0.5, 0.6) is 0 Å². The lowest BCUT2D eigenvalue weighted by molar-refractivity contribution is -0.136. The number of hydrogen-bond donors (Lipinski definition) is 1. The summed E-state index contributed by atoms with van der Waals surface area (Å²) in [7, 11) is -3.39. The minimum absolute atomic E-state index is 0.0429. The first-order valence-electron chi connectivity index (χ1n) is 6.03. The van der Waals surface area contributed by atoms with Crippen LogP contribution in [0.2, 0.25) is 0 Å². The molecule has 0 radical (unpaired) electrons. The standard InChI is InChI=1S/C14H14O5S/c15-14(16)10-11-3-5-13(6-4-11)20(17,18)9-7-12-2-1-8-19-12/h1-6,8H,7,9-10H2,(H,15,16). The van der Waals surface area contributed by atoms with Crippen molar-refractivity contribution in [3.63, 3.8) is 0 Å². The van der Waals surface area contributed by atoms with Gasteiger partial charge in [0.05, 0.1) is 23.3 Å². The molecule has 2 rings (SSSR count). The normalized spacial score (nSPS) is 11.4. The van der Waals surface area contributed by atoms with E-state index in [9.17, 15) is 13.2 Å². The molecular formula is C14H14O5S. The Morgan fingerprint density at radius 3 is 2.40 bits per heavy atom. The second kappa shape index (κ2) is 5.92. The first-order chi connectivity index (χ1) is 9.47. The third kappa shape index (κ3) is 3.71. The molecule has 20 heavy (non-hydrogen) atoms. The van der Waals surface area contributed by atoms with Crippen LogP contribution in [0, 0.1) is 0 Å². The number of rotatable bonds is 6. The van der Waals surface area contributed by atoms with E-state index in [1.54, 1.807) is 12.1 Å². The number of carboxylic acids is 1. The topological polar surface area (TPSA) is 84.6 Å². The fourth-order valence-electron chi connectivity index (χ4n) is 1.80. The first-order valence-corrected chi connectivity index (χ1v) is 7.68. The SMILES string of the molecule is O=C(O)Cc1ccc(S(=O)(=O)CCc2ccco2)cc1. The van der Waals surface area contributed by atoms with Crippen LogP contribution in [0.25, 0.3) is 0 Å². The summed E-state index contributed by atoms with van der Waals surface area (Å²) in [4.78, 5) is 10.7. The number of carboxylic acid groups (broad SMARTS) is 1. The molecule has 0 aliphatic rings. The van der Waals surface area contributed by atoms with Gasteiger partial charge in [0.25, 0.3) is 0 Å². The van der Waals surface area contributed by atoms with Gasteiger partial charge in [0, 0.05) is 6.42 Å². The highest BCUT2D eigenvalue weighted by Crippen LogP contribution is 2.15. The predicted octanol–water partition coefficient (Wildman–Crippen LogP) is 1.92. The minimum Gasteiger partial charge on any atom is -0.481 e. The number of aliphatic carboxylic acids is 1. The van der Waals surface area contributed by atoms with E-state index >= 15 is 0 Å². The molecule has 0 fully saturated rings. The lowest BCUT2D eigenvalue weighted by Gasteiger charge is -2.04. The Labute approximate surface area is 116 Å². The lowest BCUT2D eigenvalue weighted by atomic mass is 10.2. The van der Waals surface area contributed by atoms with Gasteiger partial charge in [-0.2, -0.15) is 0 Å². The van der Waals surface area contributed by atoms with Crippen molar-refractivity contribution in [2.75, 3.05) is 5.75 Å². The third-order valence-corrected chi connectivity index (χ3v) is 4.57. The number of hydrogen-bond acceptors (Lipinski definition) is 4. The van der Waals surface area contributed by atoms with Crippen LogP contribution < -0.4 is 0 Å². The van der Waals surface area contributed by atoms with Crippen molar-refractivity contribution in [3.8, 4) is 0 Å². The summed E-state index contributed by atoms with van der Waals surface area (Å²) in [5.41, 5.74) is 0.572. The number of sulfone groups is 1. The summed E-state index contributed by atoms with van der Waals surface area (Å²) < 4.78 is 29.3. The molecule has 1 aromatic heterocycles. The van der Waals surface area contributed by atoms with E-state index in [1.807, 2.05) is 0 Å². The summed E-state index contributed by atoms with van der Waals surface area (Å²) in [5, 5.41) is 8.66. The molecule has 0 spiro atoms. The van der Waals surface area contributed by atoms with Gasteiger partial charge in [-0.1, -0.05) is 12.1 Å². The molecule has 0 bridgehead atoms. The summed E-state index contributed by atoms with van der Waals surface area (Å²) in [6, 6.07) is 9.36. The molecule has 0 aliphatic carbocycles. The van der Waals surface area contributed by atoms with E-state index in [-0.39, 0.29) is 17.1 Å². The van der Waals surface area contributed by atoms with Gasteiger partial charge in [-0.05, 0) is 29.8 Å². The fourth-order valence-corrected chi connectivity index (χ4v) is 3.05. The van der Waals surface area contributed by atoms with Crippen LogP contribution in [0.4, 0.5) is 0 Å². The number of furan rings is 1. The van der Waals surface area contributed by atoms with E-state index in [0.717, 1.165) is 0 Å². The maximum absolute atomic E-state index is 12.1. The minimum atomic E-state index is -3.39. The van der Waals surface area contributed by atoms with Gasteiger partial charge in [-0.25, -0.2) is 8.42 Å². The van der Waals surface area contributed by atoms with Gasteiger partial charge in [-0.3, -0.25) is 4.79 Å². The summed E-state index contributed by atoms with van der Waals surface area (Å²) in [5.74, 6) is -0.367. The molecule has 0 saturated heterocycles. The van der Waals surface area contributed by atoms with Gasteiger partial charge < -0.3 is 9.52 Å². The Hall–Kier alpha value is -2.08. The Bertz CT molecular complexity index is 669. The highest BCUT2D eigenvalue weighted by molar-refractivity contribution is 7.91. The molecule has 0 unspecified atom stereocenters. The largest absolute Gasteiger partial charge is 0.481 e. The van der Waals surface area contributed by atoms with Gasteiger partial charge in [0.2, 0.25) is 0 Å². The highest BCUT2D eigenvalue weighted by atomic mass is 32.2. The average Bonchev–Trinajstić information content (AvgIpc) is 2.89. The van der Waals surface area contributed by atoms with Crippen LogP contribution in [0.1, 0.15) is 11.3 Å².